The fourth-order valence-corrected chi connectivity index (χ4v) is 2.76. The van der Waals surface area contributed by atoms with E-state index in [4.69, 9.17) is 9.84 Å². The van der Waals surface area contributed by atoms with E-state index in [0.29, 0.717) is 5.92 Å². The van der Waals surface area contributed by atoms with Crippen LogP contribution in [0.25, 0.3) is 0 Å². The van der Waals surface area contributed by atoms with Crippen molar-refractivity contribution in [3.8, 4) is 0 Å². The molecule has 1 aliphatic rings. The van der Waals surface area contributed by atoms with Crippen molar-refractivity contribution in [1.29, 1.82) is 0 Å². The lowest BCUT2D eigenvalue weighted by atomic mass is 10.1. The zero-order valence-electron chi connectivity index (χ0n) is 14.2. The first-order chi connectivity index (χ1) is 10.2. The Labute approximate surface area is 133 Å². The highest BCUT2D eigenvalue weighted by Gasteiger charge is 2.46. The molecule has 0 heterocycles. The van der Waals surface area contributed by atoms with Gasteiger partial charge in [-0.15, -0.1) is 0 Å². The van der Waals surface area contributed by atoms with Gasteiger partial charge in [0.15, 0.2) is 0 Å². The molecule has 2 rings (SSSR count). The van der Waals surface area contributed by atoms with Gasteiger partial charge in [0.1, 0.15) is 5.60 Å². The van der Waals surface area contributed by atoms with Gasteiger partial charge in [0.05, 0.1) is 6.61 Å². The summed E-state index contributed by atoms with van der Waals surface area (Å²) in [6.45, 7) is 9.77. The average Bonchev–Trinajstić information content (AvgIpc) is 3.16. The fraction of sp³-hybridized carbons (Fsp3) is 0.611. The zero-order valence-corrected chi connectivity index (χ0v) is 14.2. The summed E-state index contributed by atoms with van der Waals surface area (Å²) in [6, 6.07) is 8.29. The van der Waals surface area contributed by atoms with Crippen LogP contribution >= 0.6 is 0 Å². The molecule has 1 unspecified atom stereocenters. The Morgan fingerprint density at radius 1 is 1.32 bits per heavy atom. The third-order valence-electron chi connectivity index (χ3n) is 3.87. The number of amides is 1. The molecule has 1 aromatic carbocycles. The normalized spacial score (nSPS) is 20.9. The van der Waals surface area contributed by atoms with Gasteiger partial charge < -0.3 is 14.7 Å². The summed E-state index contributed by atoms with van der Waals surface area (Å²) in [6.07, 6.45) is 0.734. The predicted octanol–water partition coefficient (Wildman–Crippen LogP) is 3.68. The van der Waals surface area contributed by atoms with Crippen LogP contribution in [0.3, 0.4) is 0 Å². The van der Waals surface area contributed by atoms with Crippen LogP contribution in [0.5, 0.6) is 0 Å². The van der Waals surface area contributed by atoms with Crippen LogP contribution in [0.15, 0.2) is 24.3 Å². The second-order valence-corrected chi connectivity index (χ2v) is 7.29. The number of nitrogens with zero attached hydrogens (tertiary/aromatic N) is 1. The lowest BCUT2D eigenvalue weighted by molar-refractivity contribution is 0.0168. The number of hydrogen-bond donors (Lipinski definition) is 1. The van der Waals surface area contributed by atoms with Crippen molar-refractivity contribution < 1.29 is 14.6 Å². The molecule has 1 N–H and O–H groups in total. The Morgan fingerprint density at radius 2 is 1.91 bits per heavy atom. The number of aliphatic hydroxyl groups is 1. The van der Waals surface area contributed by atoms with Gasteiger partial charge in [0.2, 0.25) is 0 Å². The van der Waals surface area contributed by atoms with Gasteiger partial charge in [0, 0.05) is 18.0 Å². The Balaban J connectivity index is 2.07. The Kier molecular flexibility index (Phi) is 4.81. The number of aliphatic hydroxyl groups excluding tert-OH is 1. The molecule has 0 spiro atoms. The van der Waals surface area contributed by atoms with Gasteiger partial charge in [-0.2, -0.15) is 0 Å². The molecule has 0 bridgehead atoms. The molecule has 1 amide bonds. The van der Waals surface area contributed by atoms with Crippen LogP contribution in [0.1, 0.15) is 58.1 Å². The van der Waals surface area contributed by atoms with E-state index in [-0.39, 0.29) is 24.8 Å². The summed E-state index contributed by atoms with van der Waals surface area (Å²) in [5.74, 6) is 0.364. The molecule has 2 atom stereocenters. The first-order valence-corrected chi connectivity index (χ1v) is 7.94. The number of benzene rings is 1. The van der Waals surface area contributed by atoms with Crippen molar-refractivity contribution in [3.05, 3.63) is 35.4 Å². The summed E-state index contributed by atoms with van der Waals surface area (Å²) in [5.41, 5.74) is 1.66. The fourth-order valence-electron chi connectivity index (χ4n) is 2.76. The maximum absolute atomic E-state index is 12.4. The summed E-state index contributed by atoms with van der Waals surface area (Å²) < 4.78 is 5.54. The third-order valence-corrected chi connectivity index (χ3v) is 3.87. The molecule has 0 saturated heterocycles. The quantitative estimate of drug-likeness (QED) is 0.923. The number of hydrogen-bond acceptors (Lipinski definition) is 3. The molecule has 0 radical (unpaired) electrons. The molecule has 22 heavy (non-hydrogen) atoms. The second kappa shape index (κ2) is 6.29. The third kappa shape index (κ3) is 4.01. The van der Waals surface area contributed by atoms with E-state index >= 15 is 0 Å². The van der Waals surface area contributed by atoms with E-state index in [1.807, 2.05) is 63.8 Å². The van der Waals surface area contributed by atoms with Crippen LogP contribution < -0.4 is 0 Å². The van der Waals surface area contributed by atoms with Crippen molar-refractivity contribution in [2.75, 3.05) is 0 Å². The van der Waals surface area contributed by atoms with Gasteiger partial charge in [-0.25, -0.2) is 4.79 Å². The topological polar surface area (TPSA) is 49.8 Å². The minimum atomic E-state index is -0.475. The van der Waals surface area contributed by atoms with Crippen molar-refractivity contribution in [3.63, 3.8) is 0 Å². The van der Waals surface area contributed by atoms with E-state index in [1.165, 1.54) is 5.56 Å². The number of rotatable bonds is 4. The molecule has 0 aliphatic heterocycles. The minimum absolute atomic E-state index is 0.0599. The molecular weight excluding hydrogens is 278 g/mol. The standard InChI is InChI=1S/C18H27NO3/c1-12(2)19(17(21)22-18(3,4)5)16-10-15(16)14-8-6-13(11-20)7-9-14/h6-9,12,15-16,20H,10-11H2,1-5H3/t15-,16?/m1/s1. The summed E-state index contributed by atoms with van der Waals surface area (Å²) in [7, 11) is 0. The molecule has 4 nitrogen and oxygen atoms in total. The number of carbonyl (C=O) groups is 1. The highest BCUT2D eigenvalue weighted by molar-refractivity contribution is 5.70. The maximum atomic E-state index is 12.4. The molecule has 1 saturated carbocycles. The first kappa shape index (κ1) is 16.8. The second-order valence-electron chi connectivity index (χ2n) is 7.29. The highest BCUT2D eigenvalue weighted by atomic mass is 16.6. The highest BCUT2D eigenvalue weighted by Crippen LogP contribution is 2.45. The van der Waals surface area contributed by atoms with Crippen LogP contribution in [0, 0.1) is 0 Å². The summed E-state index contributed by atoms with van der Waals surface area (Å²) >= 11 is 0. The van der Waals surface area contributed by atoms with Crippen molar-refractivity contribution in [2.24, 2.45) is 0 Å². The van der Waals surface area contributed by atoms with Gasteiger partial charge in [-0.1, -0.05) is 24.3 Å². The average molecular weight is 305 g/mol. The van der Waals surface area contributed by atoms with E-state index in [0.717, 1.165) is 12.0 Å². The Hall–Kier alpha value is -1.55. The van der Waals surface area contributed by atoms with Gasteiger partial charge in [0.25, 0.3) is 0 Å². The van der Waals surface area contributed by atoms with Crippen molar-refractivity contribution in [2.45, 2.75) is 71.2 Å². The van der Waals surface area contributed by atoms with Gasteiger partial charge in [-0.05, 0) is 52.2 Å². The van der Waals surface area contributed by atoms with Gasteiger partial charge >= 0.3 is 6.09 Å². The van der Waals surface area contributed by atoms with E-state index in [1.54, 1.807) is 0 Å². The van der Waals surface area contributed by atoms with E-state index in [9.17, 15) is 4.79 Å². The monoisotopic (exact) mass is 305 g/mol. The van der Waals surface area contributed by atoms with Crippen molar-refractivity contribution in [1.82, 2.24) is 4.90 Å². The molecular formula is C18H27NO3. The first-order valence-electron chi connectivity index (χ1n) is 7.94. The summed E-state index contributed by atoms with van der Waals surface area (Å²) in [5, 5.41) is 9.11. The minimum Gasteiger partial charge on any atom is -0.444 e. The molecule has 122 valence electrons. The van der Waals surface area contributed by atoms with Crippen molar-refractivity contribution >= 4 is 6.09 Å². The van der Waals surface area contributed by atoms with E-state index in [2.05, 4.69) is 0 Å². The molecule has 4 heteroatoms. The SMILES string of the molecule is CC(C)N(C(=O)OC(C)(C)C)C1C[C@@H]1c1ccc(CO)cc1. The lowest BCUT2D eigenvalue weighted by Gasteiger charge is -2.30. The maximum Gasteiger partial charge on any atom is 0.410 e. The van der Waals surface area contributed by atoms with E-state index < -0.39 is 5.60 Å². The molecule has 1 fully saturated rings. The Bertz CT molecular complexity index is 516. The Morgan fingerprint density at radius 3 is 2.36 bits per heavy atom. The smallest absolute Gasteiger partial charge is 0.410 e. The number of carbonyl (C=O) groups excluding carboxylic acids is 1. The van der Waals surface area contributed by atoms with Crippen LogP contribution in [-0.4, -0.2) is 33.8 Å². The molecule has 1 aromatic rings. The van der Waals surface area contributed by atoms with Gasteiger partial charge in [-0.3, -0.25) is 0 Å². The van der Waals surface area contributed by atoms with Crippen LogP contribution in [-0.2, 0) is 11.3 Å². The lowest BCUT2D eigenvalue weighted by Crippen LogP contribution is -2.42. The number of ether oxygens (including phenoxy) is 1. The zero-order chi connectivity index (χ0) is 16.5. The van der Waals surface area contributed by atoms with Crippen LogP contribution in [0.4, 0.5) is 4.79 Å². The van der Waals surface area contributed by atoms with Crippen LogP contribution in [0.2, 0.25) is 0 Å². The largest absolute Gasteiger partial charge is 0.444 e. The molecule has 0 aromatic heterocycles. The molecule has 1 aliphatic carbocycles. The predicted molar refractivity (Wildman–Crippen MR) is 86.7 cm³/mol. The summed E-state index contributed by atoms with van der Waals surface area (Å²) in [4.78, 5) is 14.3.